The molecule has 0 bridgehead atoms. The maximum absolute atomic E-state index is 11.4. The highest BCUT2D eigenvalue weighted by molar-refractivity contribution is 5.91. The fourth-order valence-corrected chi connectivity index (χ4v) is 2.11. The zero-order valence-electron chi connectivity index (χ0n) is 11.9. The number of hydrogen-bond donors (Lipinski definition) is 1. The summed E-state index contributed by atoms with van der Waals surface area (Å²) >= 11 is 0. The topological polar surface area (TPSA) is 81.4 Å². The molecular formula is C15H16N2O4. The Kier molecular flexibility index (Phi) is 4.37. The molecular weight excluding hydrogens is 272 g/mol. The molecule has 1 aromatic heterocycles. The molecule has 0 aliphatic rings. The van der Waals surface area contributed by atoms with E-state index < -0.39 is 5.97 Å². The molecule has 0 amide bonds. The number of aromatic carboxylic acids is 1. The van der Waals surface area contributed by atoms with Crippen LogP contribution in [0.3, 0.4) is 0 Å². The van der Waals surface area contributed by atoms with Crippen LogP contribution in [0.25, 0.3) is 11.1 Å². The molecule has 1 heterocycles. The second-order valence-corrected chi connectivity index (χ2v) is 4.51. The van der Waals surface area contributed by atoms with Crippen LogP contribution in [-0.2, 0) is 16.1 Å². The van der Waals surface area contributed by atoms with Crippen molar-refractivity contribution in [2.24, 2.45) is 0 Å². The Balaban J connectivity index is 2.28. The van der Waals surface area contributed by atoms with Crippen molar-refractivity contribution in [1.29, 1.82) is 0 Å². The zero-order chi connectivity index (χ0) is 15.4. The number of hydrogen-bond acceptors (Lipinski definition) is 4. The van der Waals surface area contributed by atoms with E-state index in [0.29, 0.717) is 12.2 Å². The summed E-state index contributed by atoms with van der Waals surface area (Å²) in [5.41, 5.74) is 2.47. The third-order valence-electron chi connectivity index (χ3n) is 3.10. The van der Waals surface area contributed by atoms with Gasteiger partial charge in [0.25, 0.3) is 0 Å². The monoisotopic (exact) mass is 288 g/mol. The molecule has 1 N–H and O–H groups in total. The average molecular weight is 288 g/mol. The maximum Gasteiger partial charge on any atom is 0.335 e. The molecule has 0 unspecified atom stereocenters. The zero-order valence-corrected chi connectivity index (χ0v) is 11.9. The molecule has 0 aliphatic heterocycles. The summed E-state index contributed by atoms with van der Waals surface area (Å²) < 4.78 is 6.33. The normalized spacial score (nSPS) is 10.4. The van der Waals surface area contributed by atoms with E-state index in [2.05, 4.69) is 5.10 Å². The van der Waals surface area contributed by atoms with Crippen molar-refractivity contribution in [2.45, 2.75) is 20.4 Å². The number of carbonyl (C=O) groups is 2. The van der Waals surface area contributed by atoms with Gasteiger partial charge in [0.15, 0.2) is 0 Å². The number of carbonyl (C=O) groups excluding carboxylic acids is 1. The summed E-state index contributed by atoms with van der Waals surface area (Å²) in [5, 5.41) is 13.2. The van der Waals surface area contributed by atoms with Crippen molar-refractivity contribution in [3.8, 4) is 11.1 Å². The van der Waals surface area contributed by atoms with E-state index in [4.69, 9.17) is 9.84 Å². The quantitative estimate of drug-likeness (QED) is 0.852. The highest BCUT2D eigenvalue weighted by atomic mass is 16.5. The molecule has 0 saturated heterocycles. The Hall–Kier alpha value is -2.63. The molecule has 0 radical (unpaired) electrons. The molecule has 0 atom stereocenters. The molecule has 110 valence electrons. The van der Waals surface area contributed by atoms with Gasteiger partial charge in [0.05, 0.1) is 18.4 Å². The standard InChI is InChI=1S/C15H16N2O4/c1-3-21-14(18)9-17-8-11(7-16-17)12-5-4-6-13(10(12)2)15(19)20/h4-8H,3,9H2,1-2H3,(H,19,20). The van der Waals surface area contributed by atoms with Gasteiger partial charge < -0.3 is 9.84 Å². The van der Waals surface area contributed by atoms with Gasteiger partial charge in [-0.05, 0) is 31.0 Å². The minimum absolute atomic E-state index is 0.0332. The molecule has 2 aromatic rings. The Morgan fingerprint density at radius 3 is 2.81 bits per heavy atom. The molecule has 0 saturated carbocycles. The predicted molar refractivity (Wildman–Crippen MR) is 76.0 cm³/mol. The fraction of sp³-hybridized carbons (Fsp3) is 0.267. The molecule has 1 aromatic carbocycles. The predicted octanol–water partition coefficient (Wildman–Crippen LogP) is 2.12. The first kappa shape index (κ1) is 14.8. The number of benzene rings is 1. The van der Waals surface area contributed by atoms with Gasteiger partial charge in [-0.2, -0.15) is 5.10 Å². The third kappa shape index (κ3) is 3.28. The van der Waals surface area contributed by atoms with Crippen LogP contribution in [0.15, 0.2) is 30.6 Å². The molecule has 2 rings (SSSR count). The summed E-state index contributed by atoms with van der Waals surface area (Å²) in [6.07, 6.45) is 3.30. The number of carboxylic acids is 1. The number of ether oxygens (including phenoxy) is 1. The Labute approximate surface area is 122 Å². The van der Waals surface area contributed by atoms with Crippen LogP contribution in [-0.4, -0.2) is 33.4 Å². The van der Waals surface area contributed by atoms with Crippen molar-refractivity contribution in [3.05, 3.63) is 41.7 Å². The second-order valence-electron chi connectivity index (χ2n) is 4.51. The smallest absolute Gasteiger partial charge is 0.335 e. The number of esters is 1. The Morgan fingerprint density at radius 1 is 1.38 bits per heavy atom. The van der Waals surface area contributed by atoms with Crippen molar-refractivity contribution >= 4 is 11.9 Å². The van der Waals surface area contributed by atoms with Gasteiger partial charge in [0.1, 0.15) is 6.54 Å². The Morgan fingerprint density at radius 2 is 2.14 bits per heavy atom. The summed E-state index contributed by atoms with van der Waals surface area (Å²) in [6.45, 7) is 3.85. The molecule has 0 spiro atoms. The summed E-state index contributed by atoms with van der Waals surface area (Å²) in [6, 6.07) is 5.08. The summed E-state index contributed by atoms with van der Waals surface area (Å²) in [5.74, 6) is -1.32. The lowest BCUT2D eigenvalue weighted by Gasteiger charge is -2.06. The van der Waals surface area contributed by atoms with E-state index >= 15 is 0 Å². The van der Waals surface area contributed by atoms with Crippen molar-refractivity contribution < 1.29 is 19.4 Å². The van der Waals surface area contributed by atoms with Crippen LogP contribution in [0.5, 0.6) is 0 Å². The average Bonchev–Trinajstić information content (AvgIpc) is 2.87. The number of aromatic nitrogens is 2. The minimum Gasteiger partial charge on any atom is -0.478 e. The first-order valence-electron chi connectivity index (χ1n) is 6.54. The summed E-state index contributed by atoms with van der Waals surface area (Å²) in [7, 11) is 0. The van der Waals surface area contributed by atoms with Crippen LogP contribution in [0.1, 0.15) is 22.8 Å². The van der Waals surface area contributed by atoms with Crippen molar-refractivity contribution in [2.75, 3.05) is 6.61 Å². The first-order chi connectivity index (χ1) is 10.0. The molecule has 0 fully saturated rings. The van der Waals surface area contributed by atoms with E-state index in [1.807, 2.05) is 6.07 Å². The lowest BCUT2D eigenvalue weighted by atomic mass is 9.99. The van der Waals surface area contributed by atoms with Crippen molar-refractivity contribution in [3.63, 3.8) is 0 Å². The van der Waals surface area contributed by atoms with Crippen LogP contribution >= 0.6 is 0 Å². The first-order valence-corrected chi connectivity index (χ1v) is 6.54. The van der Waals surface area contributed by atoms with Gasteiger partial charge in [-0.25, -0.2) is 4.79 Å². The van der Waals surface area contributed by atoms with Crippen molar-refractivity contribution in [1.82, 2.24) is 9.78 Å². The van der Waals surface area contributed by atoms with Gasteiger partial charge in [-0.1, -0.05) is 12.1 Å². The number of rotatable bonds is 5. The minimum atomic E-state index is -0.965. The van der Waals surface area contributed by atoms with Gasteiger partial charge in [-0.15, -0.1) is 0 Å². The number of carboxylic acid groups (broad SMARTS) is 1. The largest absolute Gasteiger partial charge is 0.478 e. The van der Waals surface area contributed by atoms with E-state index in [9.17, 15) is 9.59 Å². The van der Waals surface area contributed by atoms with Crippen LogP contribution in [0.2, 0.25) is 0 Å². The van der Waals surface area contributed by atoms with Gasteiger partial charge in [0, 0.05) is 11.8 Å². The number of nitrogens with zero attached hydrogens (tertiary/aromatic N) is 2. The molecule has 0 aliphatic carbocycles. The van der Waals surface area contributed by atoms with Gasteiger partial charge >= 0.3 is 11.9 Å². The van der Waals surface area contributed by atoms with Gasteiger partial charge in [-0.3, -0.25) is 9.48 Å². The molecule has 21 heavy (non-hydrogen) atoms. The lowest BCUT2D eigenvalue weighted by Crippen LogP contribution is -2.13. The van der Waals surface area contributed by atoms with Gasteiger partial charge in [0.2, 0.25) is 0 Å². The van der Waals surface area contributed by atoms with E-state index in [-0.39, 0.29) is 18.1 Å². The Bertz CT molecular complexity index is 676. The lowest BCUT2D eigenvalue weighted by molar-refractivity contribution is -0.144. The van der Waals surface area contributed by atoms with Crippen LogP contribution in [0, 0.1) is 6.92 Å². The SMILES string of the molecule is CCOC(=O)Cn1cc(-c2cccc(C(=O)O)c2C)cn1. The van der Waals surface area contributed by atoms with E-state index in [1.54, 1.807) is 38.4 Å². The molecule has 6 nitrogen and oxygen atoms in total. The van der Waals surface area contributed by atoms with E-state index in [1.165, 1.54) is 4.68 Å². The highest BCUT2D eigenvalue weighted by Crippen LogP contribution is 2.25. The maximum atomic E-state index is 11.4. The van der Waals surface area contributed by atoms with Crippen LogP contribution < -0.4 is 0 Å². The highest BCUT2D eigenvalue weighted by Gasteiger charge is 2.13. The fourth-order valence-electron chi connectivity index (χ4n) is 2.11. The molecule has 6 heteroatoms. The third-order valence-corrected chi connectivity index (χ3v) is 3.10. The summed E-state index contributed by atoms with van der Waals surface area (Å²) in [4.78, 5) is 22.6. The van der Waals surface area contributed by atoms with E-state index in [0.717, 1.165) is 11.1 Å². The second kappa shape index (κ2) is 6.21. The van der Waals surface area contributed by atoms with Crippen LogP contribution in [0.4, 0.5) is 0 Å².